The molecule has 0 aliphatic heterocycles. The molecule has 0 saturated heterocycles. The second-order valence-corrected chi connectivity index (χ2v) is 4.86. The Balaban J connectivity index is 2.95. The number of amides is 1. The third kappa shape index (κ3) is 4.99. The van der Waals surface area contributed by atoms with Gasteiger partial charge in [0.05, 0.1) is 5.02 Å². The van der Waals surface area contributed by atoms with Gasteiger partial charge in [0.1, 0.15) is 12.4 Å². The van der Waals surface area contributed by atoms with Crippen LogP contribution in [0.3, 0.4) is 0 Å². The van der Waals surface area contributed by atoms with Gasteiger partial charge in [0, 0.05) is 17.4 Å². The summed E-state index contributed by atoms with van der Waals surface area (Å²) in [5.41, 5.74) is -0.174. The molecule has 0 heterocycles. The van der Waals surface area contributed by atoms with Crippen LogP contribution in [0.4, 0.5) is 17.6 Å². The normalized spacial score (nSPS) is 11.5. The number of alkyl halides is 4. The van der Waals surface area contributed by atoms with E-state index < -0.39 is 24.4 Å². The largest absolute Gasteiger partial charge is 0.406 e. The topological polar surface area (TPSA) is 20.3 Å². The van der Waals surface area contributed by atoms with Crippen LogP contribution >= 0.6 is 27.5 Å². The van der Waals surface area contributed by atoms with Gasteiger partial charge < -0.3 is 4.90 Å². The monoisotopic (exact) mass is 361 g/mol. The molecule has 1 amide bonds. The maximum Gasteiger partial charge on any atom is 0.406 e. The van der Waals surface area contributed by atoms with Crippen molar-refractivity contribution in [3.63, 3.8) is 0 Å². The molecule has 2 nitrogen and oxygen atoms in total. The SMILES string of the molecule is O=C(c1ccc(Cl)c(F)c1)N(CCBr)CC(F)(F)F. The van der Waals surface area contributed by atoms with Crippen LogP contribution in [0.25, 0.3) is 0 Å². The average molecular weight is 363 g/mol. The molecule has 0 saturated carbocycles. The van der Waals surface area contributed by atoms with E-state index in [1.807, 2.05) is 0 Å². The summed E-state index contributed by atoms with van der Waals surface area (Å²) >= 11 is 8.41. The minimum absolute atomic E-state index is 0.136. The van der Waals surface area contributed by atoms with Crippen molar-refractivity contribution in [3.8, 4) is 0 Å². The highest BCUT2D eigenvalue weighted by Crippen LogP contribution is 2.20. The molecular weight excluding hydrogens is 353 g/mol. The number of carbonyl (C=O) groups excluding carboxylic acids is 1. The molecule has 8 heteroatoms. The number of carbonyl (C=O) groups is 1. The van der Waals surface area contributed by atoms with Crippen molar-refractivity contribution in [2.45, 2.75) is 6.18 Å². The minimum atomic E-state index is -4.51. The van der Waals surface area contributed by atoms with Gasteiger partial charge >= 0.3 is 6.18 Å². The van der Waals surface area contributed by atoms with Crippen LogP contribution in [0.2, 0.25) is 5.02 Å². The van der Waals surface area contributed by atoms with Crippen molar-refractivity contribution in [1.82, 2.24) is 4.90 Å². The van der Waals surface area contributed by atoms with Crippen LogP contribution in [-0.4, -0.2) is 35.4 Å². The van der Waals surface area contributed by atoms with Crippen LogP contribution in [0.1, 0.15) is 10.4 Å². The molecule has 0 aliphatic carbocycles. The Morgan fingerprint density at radius 3 is 2.47 bits per heavy atom. The molecule has 0 bridgehead atoms. The number of nitrogens with zero attached hydrogens (tertiary/aromatic N) is 1. The van der Waals surface area contributed by atoms with Crippen LogP contribution < -0.4 is 0 Å². The highest BCUT2D eigenvalue weighted by molar-refractivity contribution is 9.09. The van der Waals surface area contributed by atoms with E-state index in [0.717, 1.165) is 12.1 Å². The summed E-state index contributed by atoms with van der Waals surface area (Å²) in [6.07, 6.45) is -4.51. The lowest BCUT2D eigenvalue weighted by molar-refractivity contribution is -0.140. The fraction of sp³-hybridized carbons (Fsp3) is 0.364. The van der Waals surface area contributed by atoms with Crippen LogP contribution in [-0.2, 0) is 0 Å². The lowest BCUT2D eigenvalue weighted by Gasteiger charge is -2.23. The molecule has 0 aromatic heterocycles. The standard InChI is InChI=1S/C11H9BrClF4NO/c12-3-4-18(6-11(15,16)17)10(19)7-1-2-8(13)9(14)5-7/h1-2,5H,3-4,6H2. The van der Waals surface area contributed by atoms with Crippen LogP contribution in [0.5, 0.6) is 0 Å². The van der Waals surface area contributed by atoms with E-state index in [-0.39, 0.29) is 22.5 Å². The first-order chi connectivity index (χ1) is 8.74. The summed E-state index contributed by atoms with van der Waals surface area (Å²) in [6, 6.07) is 3.14. The zero-order valence-electron chi connectivity index (χ0n) is 9.48. The van der Waals surface area contributed by atoms with Crippen molar-refractivity contribution >= 4 is 33.4 Å². The van der Waals surface area contributed by atoms with Gasteiger partial charge in [-0.05, 0) is 18.2 Å². The molecular formula is C11H9BrClF4NO. The molecule has 1 aromatic rings. The third-order valence-corrected chi connectivity index (χ3v) is 2.84. The van der Waals surface area contributed by atoms with Gasteiger partial charge in [-0.3, -0.25) is 4.79 Å². The van der Waals surface area contributed by atoms with Crippen LogP contribution in [0, 0.1) is 5.82 Å². The van der Waals surface area contributed by atoms with E-state index in [2.05, 4.69) is 15.9 Å². The number of hydrogen-bond donors (Lipinski definition) is 0. The average Bonchev–Trinajstić information content (AvgIpc) is 2.29. The van der Waals surface area contributed by atoms with Crippen molar-refractivity contribution < 1.29 is 22.4 Å². The maximum atomic E-state index is 13.2. The summed E-state index contributed by atoms with van der Waals surface area (Å²) in [7, 11) is 0. The number of benzene rings is 1. The highest BCUT2D eigenvalue weighted by Gasteiger charge is 2.33. The zero-order valence-corrected chi connectivity index (χ0v) is 11.8. The summed E-state index contributed by atoms with van der Waals surface area (Å²) < 4.78 is 50.2. The fourth-order valence-electron chi connectivity index (χ4n) is 1.38. The lowest BCUT2D eigenvalue weighted by Crippen LogP contribution is -2.40. The van der Waals surface area contributed by atoms with E-state index in [0.29, 0.717) is 4.90 Å². The maximum absolute atomic E-state index is 13.2. The van der Waals surface area contributed by atoms with Crippen molar-refractivity contribution in [1.29, 1.82) is 0 Å². The quantitative estimate of drug-likeness (QED) is 0.588. The third-order valence-electron chi connectivity index (χ3n) is 2.18. The predicted molar refractivity (Wildman–Crippen MR) is 67.2 cm³/mol. The molecule has 1 aromatic carbocycles. The fourth-order valence-corrected chi connectivity index (χ4v) is 1.93. The first kappa shape index (κ1) is 16.2. The first-order valence-corrected chi connectivity index (χ1v) is 6.61. The van der Waals surface area contributed by atoms with Gasteiger partial charge in [-0.1, -0.05) is 27.5 Å². The molecule has 0 spiro atoms. The second-order valence-electron chi connectivity index (χ2n) is 3.66. The van der Waals surface area contributed by atoms with Gasteiger partial charge in [0.15, 0.2) is 0 Å². The predicted octanol–water partition coefficient (Wildman–Crippen LogP) is 3.88. The van der Waals surface area contributed by atoms with Gasteiger partial charge in [0.2, 0.25) is 0 Å². The molecule has 0 radical (unpaired) electrons. The van der Waals surface area contributed by atoms with Crippen LogP contribution in [0.15, 0.2) is 18.2 Å². The molecule has 0 fully saturated rings. The minimum Gasteiger partial charge on any atom is -0.329 e. The Morgan fingerprint density at radius 2 is 2.00 bits per heavy atom. The molecule has 1 rings (SSSR count). The molecule has 0 unspecified atom stereocenters. The van der Waals surface area contributed by atoms with Crippen molar-refractivity contribution in [2.24, 2.45) is 0 Å². The first-order valence-electron chi connectivity index (χ1n) is 5.11. The molecule has 106 valence electrons. The van der Waals surface area contributed by atoms with Gasteiger partial charge in [-0.15, -0.1) is 0 Å². The lowest BCUT2D eigenvalue weighted by atomic mass is 10.2. The zero-order chi connectivity index (χ0) is 14.6. The Bertz CT molecular complexity index is 466. The van der Waals surface area contributed by atoms with E-state index in [9.17, 15) is 22.4 Å². The molecule has 0 N–H and O–H groups in total. The summed E-state index contributed by atoms with van der Waals surface area (Å²) in [5.74, 6) is -1.74. The Morgan fingerprint density at radius 1 is 1.37 bits per heavy atom. The Labute approximate surface area is 120 Å². The van der Waals surface area contributed by atoms with Crippen molar-refractivity contribution in [3.05, 3.63) is 34.6 Å². The van der Waals surface area contributed by atoms with Gasteiger partial charge in [-0.25, -0.2) is 4.39 Å². The number of rotatable bonds is 4. The Hall–Kier alpha value is -0.820. The molecule has 0 aliphatic rings. The van der Waals surface area contributed by atoms with E-state index in [1.165, 1.54) is 6.07 Å². The highest BCUT2D eigenvalue weighted by atomic mass is 79.9. The smallest absolute Gasteiger partial charge is 0.329 e. The second kappa shape index (κ2) is 6.56. The summed E-state index contributed by atoms with van der Waals surface area (Å²) in [5, 5.41) is -0.00958. The number of hydrogen-bond acceptors (Lipinski definition) is 1. The van der Waals surface area contributed by atoms with Gasteiger partial charge in [-0.2, -0.15) is 13.2 Å². The van der Waals surface area contributed by atoms with Crippen molar-refractivity contribution in [2.75, 3.05) is 18.4 Å². The Kier molecular flexibility index (Phi) is 5.61. The number of halogens is 6. The van der Waals surface area contributed by atoms with E-state index >= 15 is 0 Å². The summed E-state index contributed by atoms with van der Waals surface area (Å²) in [6.45, 7) is -1.52. The molecule has 0 atom stereocenters. The molecule has 19 heavy (non-hydrogen) atoms. The summed E-state index contributed by atoms with van der Waals surface area (Å²) in [4.78, 5) is 12.5. The van der Waals surface area contributed by atoms with E-state index in [4.69, 9.17) is 11.6 Å². The van der Waals surface area contributed by atoms with Gasteiger partial charge in [0.25, 0.3) is 5.91 Å². The van der Waals surface area contributed by atoms with E-state index in [1.54, 1.807) is 0 Å².